The summed E-state index contributed by atoms with van der Waals surface area (Å²) in [7, 11) is 3.82. The van der Waals surface area contributed by atoms with Gasteiger partial charge in [-0.05, 0) is 37.4 Å². The number of halogens is 2. The summed E-state index contributed by atoms with van der Waals surface area (Å²) in [5, 5.41) is 0.295. The number of aromatic nitrogens is 1. The zero-order chi connectivity index (χ0) is 21.0. The van der Waals surface area contributed by atoms with Crippen molar-refractivity contribution in [1.82, 2.24) is 19.7 Å². The van der Waals surface area contributed by atoms with Gasteiger partial charge in [-0.25, -0.2) is 4.39 Å². The number of amides is 1. The van der Waals surface area contributed by atoms with E-state index in [1.54, 1.807) is 48.6 Å². The van der Waals surface area contributed by atoms with Gasteiger partial charge in [0.25, 0.3) is 0 Å². The average Bonchev–Trinajstić information content (AvgIpc) is 2.69. The molecule has 0 aliphatic carbocycles. The molecule has 6 nitrogen and oxygen atoms in total. The van der Waals surface area contributed by atoms with E-state index in [4.69, 9.17) is 17.3 Å². The van der Waals surface area contributed by atoms with Gasteiger partial charge in [0.05, 0.1) is 17.9 Å². The molecule has 1 aromatic heterocycles. The van der Waals surface area contributed by atoms with Crippen molar-refractivity contribution in [2.24, 2.45) is 5.73 Å². The molecule has 1 aliphatic heterocycles. The van der Waals surface area contributed by atoms with Crippen molar-refractivity contribution in [3.63, 3.8) is 0 Å². The normalized spacial score (nSPS) is 15.8. The number of likely N-dealkylation sites (N-methyl/N-ethyl adjacent to an activating group) is 2. The first kappa shape index (κ1) is 21.1. The molecule has 0 radical (unpaired) electrons. The molecule has 2 N–H and O–H groups in total. The zero-order valence-corrected chi connectivity index (χ0v) is 17.4. The first-order valence-electron chi connectivity index (χ1n) is 9.40. The minimum Gasteiger partial charge on any atom is -0.396 e. The molecule has 1 fully saturated rings. The number of nitrogens with zero attached hydrogens (tertiary/aromatic N) is 4. The Morgan fingerprint density at radius 3 is 2.48 bits per heavy atom. The Morgan fingerprint density at radius 2 is 1.86 bits per heavy atom. The van der Waals surface area contributed by atoms with Gasteiger partial charge in [-0.3, -0.25) is 9.78 Å². The van der Waals surface area contributed by atoms with Crippen LogP contribution in [-0.4, -0.2) is 72.4 Å². The number of rotatable bonds is 5. The summed E-state index contributed by atoms with van der Waals surface area (Å²) >= 11 is 5.88. The van der Waals surface area contributed by atoms with Crippen LogP contribution in [0.1, 0.15) is 11.1 Å². The molecule has 3 rings (SSSR count). The lowest BCUT2D eigenvalue weighted by atomic mass is 10.0. The molecule has 0 atom stereocenters. The summed E-state index contributed by atoms with van der Waals surface area (Å²) in [5.74, 6) is -0.503. The topological polar surface area (TPSA) is 65.7 Å². The van der Waals surface area contributed by atoms with Gasteiger partial charge in [-0.1, -0.05) is 11.6 Å². The van der Waals surface area contributed by atoms with E-state index in [-0.39, 0.29) is 23.7 Å². The maximum Gasteiger partial charge on any atom is 0.242 e. The molecule has 1 saturated heterocycles. The molecular formula is C21H25ClFN5O. The van der Waals surface area contributed by atoms with Gasteiger partial charge in [0.15, 0.2) is 0 Å². The third-order valence-electron chi connectivity index (χ3n) is 5.04. The second kappa shape index (κ2) is 9.24. The van der Waals surface area contributed by atoms with E-state index < -0.39 is 5.82 Å². The zero-order valence-electron chi connectivity index (χ0n) is 16.6. The minimum atomic E-state index is -0.514. The minimum absolute atomic E-state index is 0.0107. The third kappa shape index (κ3) is 5.05. The van der Waals surface area contributed by atoms with Crippen LogP contribution in [0.15, 0.2) is 42.7 Å². The predicted molar refractivity (Wildman–Crippen MR) is 113 cm³/mol. The van der Waals surface area contributed by atoms with Crippen LogP contribution in [0.2, 0.25) is 5.02 Å². The van der Waals surface area contributed by atoms with Gasteiger partial charge in [-0.15, -0.1) is 0 Å². The highest BCUT2D eigenvalue weighted by atomic mass is 35.5. The van der Waals surface area contributed by atoms with E-state index in [1.165, 1.54) is 6.07 Å². The molecule has 1 amide bonds. The molecular weight excluding hydrogens is 393 g/mol. The van der Waals surface area contributed by atoms with Crippen LogP contribution in [0.5, 0.6) is 0 Å². The van der Waals surface area contributed by atoms with Gasteiger partial charge in [0, 0.05) is 61.8 Å². The van der Waals surface area contributed by atoms with Crippen LogP contribution in [-0.2, 0) is 4.79 Å². The Morgan fingerprint density at radius 1 is 1.21 bits per heavy atom. The van der Waals surface area contributed by atoms with Gasteiger partial charge in [-0.2, -0.15) is 0 Å². The monoisotopic (exact) mass is 417 g/mol. The van der Waals surface area contributed by atoms with Crippen LogP contribution < -0.4 is 5.73 Å². The number of nitrogens with two attached hydrogens (primary N) is 1. The Kier molecular flexibility index (Phi) is 6.71. The second-order valence-corrected chi connectivity index (χ2v) is 7.60. The Balaban J connectivity index is 1.92. The lowest BCUT2D eigenvalue weighted by Gasteiger charge is -2.34. The van der Waals surface area contributed by atoms with Crippen molar-refractivity contribution >= 4 is 28.9 Å². The third-order valence-corrected chi connectivity index (χ3v) is 5.28. The van der Waals surface area contributed by atoms with E-state index in [0.717, 1.165) is 18.7 Å². The van der Waals surface area contributed by atoms with E-state index >= 15 is 0 Å². The molecule has 1 aliphatic rings. The van der Waals surface area contributed by atoms with Crippen molar-refractivity contribution in [2.75, 3.05) is 46.8 Å². The van der Waals surface area contributed by atoms with Crippen molar-refractivity contribution in [2.45, 2.75) is 0 Å². The van der Waals surface area contributed by atoms with Crippen LogP contribution in [0.3, 0.4) is 0 Å². The van der Waals surface area contributed by atoms with E-state index in [0.29, 0.717) is 23.8 Å². The summed E-state index contributed by atoms with van der Waals surface area (Å²) in [6.45, 7) is 3.22. The van der Waals surface area contributed by atoms with Crippen LogP contribution in [0.25, 0.3) is 11.4 Å². The number of benzene rings is 1. The van der Waals surface area contributed by atoms with Gasteiger partial charge in [0.2, 0.25) is 5.91 Å². The highest BCUT2D eigenvalue weighted by Crippen LogP contribution is 2.28. The summed E-state index contributed by atoms with van der Waals surface area (Å²) in [5.41, 5.74) is 8.19. The quantitative estimate of drug-likeness (QED) is 0.809. The van der Waals surface area contributed by atoms with Crippen molar-refractivity contribution < 1.29 is 9.18 Å². The first-order chi connectivity index (χ1) is 13.9. The summed E-state index contributed by atoms with van der Waals surface area (Å²) < 4.78 is 14.5. The predicted octanol–water partition coefficient (Wildman–Crippen LogP) is 2.36. The highest BCUT2D eigenvalue weighted by Gasteiger charge is 2.23. The lowest BCUT2D eigenvalue weighted by molar-refractivity contribution is -0.133. The van der Waals surface area contributed by atoms with E-state index in [2.05, 4.69) is 9.88 Å². The molecule has 154 valence electrons. The van der Waals surface area contributed by atoms with Crippen molar-refractivity contribution in [1.29, 1.82) is 0 Å². The molecule has 0 saturated carbocycles. The fraction of sp³-hybridized carbons (Fsp3) is 0.333. The van der Waals surface area contributed by atoms with Crippen LogP contribution in [0, 0.1) is 5.82 Å². The molecule has 2 heterocycles. The largest absolute Gasteiger partial charge is 0.396 e. The molecule has 2 aromatic rings. The lowest BCUT2D eigenvalue weighted by Crippen LogP contribution is -2.49. The standard InChI is InChI=1S/C21H25ClFN5O/c1-26-9-11-28(12-10-26)19(29)14-27(2)21(15-5-7-25-8-6-15)20(24)17-4-3-16(22)13-18(17)23/h3-8,13H,9-12,14,24H2,1-2H3/b21-20-. The number of carbonyl (C=O) groups excluding carboxylic acids is 1. The fourth-order valence-electron chi connectivity index (χ4n) is 3.36. The number of hydrogen-bond donors (Lipinski definition) is 1. The summed E-state index contributed by atoms with van der Waals surface area (Å²) in [4.78, 5) is 22.7. The van der Waals surface area contributed by atoms with E-state index in [1.807, 2.05) is 11.9 Å². The molecule has 29 heavy (non-hydrogen) atoms. The molecule has 8 heteroatoms. The maximum absolute atomic E-state index is 14.5. The van der Waals surface area contributed by atoms with Gasteiger partial charge < -0.3 is 20.4 Å². The Bertz CT molecular complexity index is 897. The van der Waals surface area contributed by atoms with Crippen molar-refractivity contribution in [3.05, 3.63) is 64.7 Å². The summed E-state index contributed by atoms with van der Waals surface area (Å²) in [6, 6.07) is 7.93. The fourth-order valence-corrected chi connectivity index (χ4v) is 3.52. The Labute approximate surface area is 175 Å². The highest BCUT2D eigenvalue weighted by molar-refractivity contribution is 6.30. The Hall–Kier alpha value is -2.64. The number of carbonyl (C=O) groups is 1. The maximum atomic E-state index is 14.5. The van der Waals surface area contributed by atoms with Crippen LogP contribution in [0.4, 0.5) is 4.39 Å². The number of hydrogen-bond acceptors (Lipinski definition) is 5. The average molecular weight is 418 g/mol. The smallest absolute Gasteiger partial charge is 0.242 e. The van der Waals surface area contributed by atoms with Gasteiger partial charge in [0.1, 0.15) is 5.82 Å². The first-order valence-corrected chi connectivity index (χ1v) is 9.77. The number of piperazine rings is 1. The molecule has 0 unspecified atom stereocenters. The summed E-state index contributed by atoms with van der Waals surface area (Å²) in [6.07, 6.45) is 3.27. The molecule has 0 bridgehead atoms. The second-order valence-electron chi connectivity index (χ2n) is 7.16. The van der Waals surface area contributed by atoms with E-state index in [9.17, 15) is 9.18 Å². The number of pyridine rings is 1. The molecule has 1 aromatic carbocycles. The van der Waals surface area contributed by atoms with Gasteiger partial charge >= 0.3 is 0 Å². The van der Waals surface area contributed by atoms with Crippen molar-refractivity contribution in [3.8, 4) is 0 Å². The molecule has 0 spiro atoms. The SMILES string of the molecule is CN1CCN(C(=O)CN(C)/C(=C(\N)c2ccc(Cl)cc2F)c2ccncc2)CC1. The van der Waals surface area contributed by atoms with Crippen LogP contribution >= 0.6 is 11.6 Å².